The second-order valence-electron chi connectivity index (χ2n) is 8.00. The molecule has 33 heavy (non-hydrogen) atoms. The second-order valence-corrected chi connectivity index (χ2v) is 8.00. The van der Waals surface area contributed by atoms with Crippen molar-refractivity contribution in [2.75, 3.05) is 27.9 Å². The summed E-state index contributed by atoms with van der Waals surface area (Å²) in [7, 11) is 4.52. The molecule has 1 aromatic carbocycles. The van der Waals surface area contributed by atoms with E-state index in [0.717, 1.165) is 18.5 Å². The standard InChI is InChI=1S/C24H27N3O6/c1-13-8-17-21(24(28)27(13)12-15-6-5-7-32-15)20(16(11-25)23(26)33-17)14-9-18(29-2)22(31-4)19(10-14)30-3/h8-10,15,20H,5-7,12,26H2,1-4H3/t15-,20+/m0/s1. The molecule has 1 fully saturated rings. The molecule has 0 saturated carbocycles. The average molecular weight is 453 g/mol. The van der Waals surface area contributed by atoms with Crippen LogP contribution in [0.5, 0.6) is 23.0 Å². The van der Waals surface area contributed by atoms with Crippen molar-refractivity contribution >= 4 is 0 Å². The van der Waals surface area contributed by atoms with E-state index in [4.69, 9.17) is 29.4 Å². The highest BCUT2D eigenvalue weighted by Gasteiger charge is 2.36. The summed E-state index contributed by atoms with van der Waals surface area (Å²) in [6, 6.07) is 7.34. The molecule has 0 bridgehead atoms. The molecule has 2 N–H and O–H groups in total. The molecule has 0 aliphatic carbocycles. The summed E-state index contributed by atoms with van der Waals surface area (Å²) in [4.78, 5) is 13.8. The molecule has 0 unspecified atom stereocenters. The monoisotopic (exact) mass is 453 g/mol. The van der Waals surface area contributed by atoms with E-state index in [1.54, 1.807) is 22.8 Å². The van der Waals surface area contributed by atoms with Crippen molar-refractivity contribution in [3.05, 3.63) is 56.8 Å². The maximum Gasteiger partial charge on any atom is 0.258 e. The summed E-state index contributed by atoms with van der Waals surface area (Å²) in [6.07, 6.45) is 1.84. The third-order valence-corrected chi connectivity index (χ3v) is 6.12. The van der Waals surface area contributed by atoms with E-state index in [1.807, 2.05) is 6.92 Å². The number of rotatable bonds is 6. The Labute approximate surface area is 191 Å². The van der Waals surface area contributed by atoms with Gasteiger partial charge >= 0.3 is 0 Å². The fourth-order valence-electron chi connectivity index (χ4n) is 4.51. The topological polar surface area (TPSA) is 118 Å². The van der Waals surface area contributed by atoms with Gasteiger partial charge in [0.1, 0.15) is 17.4 Å². The highest BCUT2D eigenvalue weighted by atomic mass is 16.5. The molecule has 9 heteroatoms. The van der Waals surface area contributed by atoms with Gasteiger partial charge in [-0.05, 0) is 37.5 Å². The van der Waals surface area contributed by atoms with Crippen LogP contribution in [0, 0.1) is 18.3 Å². The first kappa shape index (κ1) is 22.6. The van der Waals surface area contributed by atoms with E-state index >= 15 is 0 Å². The molecule has 0 spiro atoms. The van der Waals surface area contributed by atoms with Gasteiger partial charge < -0.3 is 34.0 Å². The van der Waals surface area contributed by atoms with Crippen molar-refractivity contribution in [3.63, 3.8) is 0 Å². The number of ether oxygens (including phenoxy) is 5. The lowest BCUT2D eigenvalue weighted by molar-refractivity contribution is 0.0955. The van der Waals surface area contributed by atoms with E-state index in [9.17, 15) is 10.1 Å². The fraction of sp³-hybridized carbons (Fsp3) is 0.417. The Morgan fingerprint density at radius 3 is 2.42 bits per heavy atom. The van der Waals surface area contributed by atoms with Crippen molar-refractivity contribution < 1.29 is 23.7 Å². The number of pyridine rings is 1. The number of aromatic nitrogens is 1. The largest absolute Gasteiger partial charge is 0.493 e. The maximum atomic E-state index is 13.8. The van der Waals surface area contributed by atoms with Gasteiger partial charge in [0.05, 0.1) is 45.5 Å². The average Bonchev–Trinajstić information content (AvgIpc) is 3.33. The molecule has 2 aliphatic heterocycles. The van der Waals surface area contributed by atoms with E-state index < -0.39 is 5.92 Å². The normalized spacial score (nSPS) is 19.5. The van der Waals surface area contributed by atoms with E-state index in [2.05, 4.69) is 6.07 Å². The lowest BCUT2D eigenvalue weighted by atomic mass is 9.83. The molecule has 1 aromatic heterocycles. The van der Waals surface area contributed by atoms with Gasteiger partial charge in [0.25, 0.3) is 5.56 Å². The van der Waals surface area contributed by atoms with Crippen LogP contribution in [0.25, 0.3) is 0 Å². The maximum absolute atomic E-state index is 13.8. The van der Waals surface area contributed by atoms with Crippen LogP contribution in [0.15, 0.2) is 34.4 Å². The summed E-state index contributed by atoms with van der Waals surface area (Å²) in [5.41, 5.74) is 7.66. The van der Waals surface area contributed by atoms with Crippen LogP contribution in [0.3, 0.4) is 0 Å². The lowest BCUT2D eigenvalue weighted by Crippen LogP contribution is -2.35. The van der Waals surface area contributed by atoms with E-state index in [-0.39, 0.29) is 23.1 Å². The van der Waals surface area contributed by atoms with Gasteiger partial charge in [-0.1, -0.05) is 0 Å². The summed E-state index contributed by atoms with van der Waals surface area (Å²) in [5.74, 6) is 0.739. The van der Waals surface area contributed by atoms with Gasteiger partial charge in [-0.2, -0.15) is 5.26 Å². The minimum absolute atomic E-state index is 0.0281. The zero-order valence-corrected chi connectivity index (χ0v) is 19.1. The van der Waals surface area contributed by atoms with Gasteiger partial charge in [-0.15, -0.1) is 0 Å². The molecule has 2 aromatic rings. The number of allylic oxidation sites excluding steroid dienone is 1. The van der Waals surface area contributed by atoms with Crippen LogP contribution in [-0.4, -0.2) is 38.6 Å². The number of nitrogens with zero attached hydrogens (tertiary/aromatic N) is 2. The Hall–Kier alpha value is -3.64. The molecular weight excluding hydrogens is 426 g/mol. The third-order valence-electron chi connectivity index (χ3n) is 6.12. The van der Waals surface area contributed by atoms with Crippen molar-refractivity contribution in [2.45, 2.75) is 38.3 Å². The zero-order valence-electron chi connectivity index (χ0n) is 19.1. The first-order valence-electron chi connectivity index (χ1n) is 10.7. The van der Waals surface area contributed by atoms with Crippen molar-refractivity contribution in [3.8, 4) is 29.1 Å². The number of methoxy groups -OCH3 is 3. The van der Waals surface area contributed by atoms with E-state index in [1.165, 1.54) is 21.3 Å². The Morgan fingerprint density at radius 2 is 1.88 bits per heavy atom. The van der Waals surface area contributed by atoms with Gasteiger partial charge in [0.15, 0.2) is 11.5 Å². The molecule has 0 amide bonds. The molecule has 1 saturated heterocycles. The van der Waals surface area contributed by atoms with Crippen LogP contribution in [-0.2, 0) is 11.3 Å². The molecular formula is C24H27N3O6. The molecule has 2 aliphatic rings. The number of hydrogen-bond donors (Lipinski definition) is 1. The highest BCUT2D eigenvalue weighted by Crippen LogP contribution is 2.46. The lowest BCUT2D eigenvalue weighted by Gasteiger charge is -2.28. The van der Waals surface area contributed by atoms with Gasteiger partial charge in [0.2, 0.25) is 11.6 Å². The number of benzene rings is 1. The Balaban J connectivity index is 1.94. The fourth-order valence-corrected chi connectivity index (χ4v) is 4.51. The minimum atomic E-state index is -0.767. The number of nitrogens with two attached hydrogens (primary N) is 1. The van der Waals surface area contributed by atoms with Gasteiger partial charge in [-0.25, -0.2) is 0 Å². The van der Waals surface area contributed by atoms with Gasteiger partial charge in [-0.3, -0.25) is 4.79 Å². The molecule has 3 heterocycles. The molecule has 0 radical (unpaired) electrons. The van der Waals surface area contributed by atoms with Gasteiger partial charge in [0, 0.05) is 18.4 Å². The number of fused-ring (bicyclic) bond motifs is 1. The smallest absolute Gasteiger partial charge is 0.258 e. The molecule has 174 valence electrons. The van der Waals surface area contributed by atoms with Crippen LogP contribution in [0.2, 0.25) is 0 Å². The van der Waals surface area contributed by atoms with Crippen LogP contribution >= 0.6 is 0 Å². The Morgan fingerprint density at radius 1 is 1.18 bits per heavy atom. The summed E-state index contributed by atoms with van der Waals surface area (Å²) < 4.78 is 29.6. The Bertz CT molecular complexity index is 1180. The first-order valence-corrected chi connectivity index (χ1v) is 10.7. The second kappa shape index (κ2) is 9.08. The number of hydrogen-bond acceptors (Lipinski definition) is 8. The quantitative estimate of drug-likeness (QED) is 0.709. The SMILES string of the molecule is COc1cc([C@@H]2C(C#N)=C(N)Oc3cc(C)n(C[C@@H]4CCCO4)c(=O)c32)cc(OC)c1OC. The predicted molar refractivity (Wildman–Crippen MR) is 120 cm³/mol. The van der Waals surface area contributed by atoms with Crippen LogP contribution in [0.4, 0.5) is 0 Å². The number of nitriles is 1. The van der Waals surface area contributed by atoms with Crippen molar-refractivity contribution in [2.24, 2.45) is 5.73 Å². The zero-order chi connectivity index (χ0) is 23.7. The predicted octanol–water partition coefficient (Wildman–Crippen LogP) is 2.58. The van der Waals surface area contributed by atoms with Crippen LogP contribution in [0.1, 0.15) is 35.6 Å². The van der Waals surface area contributed by atoms with Crippen molar-refractivity contribution in [1.29, 1.82) is 5.26 Å². The minimum Gasteiger partial charge on any atom is -0.493 e. The summed E-state index contributed by atoms with van der Waals surface area (Å²) in [6.45, 7) is 2.97. The molecule has 9 nitrogen and oxygen atoms in total. The Kier molecular flexibility index (Phi) is 6.20. The summed E-state index contributed by atoms with van der Waals surface area (Å²) in [5, 5.41) is 9.93. The molecule has 2 atom stereocenters. The highest BCUT2D eigenvalue weighted by molar-refractivity contribution is 5.61. The summed E-state index contributed by atoms with van der Waals surface area (Å²) >= 11 is 0. The van der Waals surface area contributed by atoms with Crippen LogP contribution < -0.4 is 30.2 Å². The molecule has 4 rings (SSSR count). The van der Waals surface area contributed by atoms with E-state index in [0.29, 0.717) is 47.3 Å². The third kappa shape index (κ3) is 3.87. The first-order chi connectivity index (χ1) is 15.9. The number of aryl methyl sites for hydroxylation is 1. The van der Waals surface area contributed by atoms with Crippen molar-refractivity contribution in [1.82, 2.24) is 4.57 Å².